The first-order chi connectivity index (χ1) is 6.38. The van der Waals surface area contributed by atoms with Crippen molar-refractivity contribution in [1.82, 2.24) is 10.3 Å². The quantitative estimate of drug-likeness (QED) is 0.745. The normalized spacial score (nSPS) is 18.8. The molecule has 0 radical (unpaired) electrons. The van der Waals surface area contributed by atoms with E-state index in [2.05, 4.69) is 10.3 Å². The summed E-state index contributed by atoms with van der Waals surface area (Å²) in [4.78, 5) is 4.12. The minimum Gasteiger partial charge on any atom is -0.317 e. The van der Waals surface area contributed by atoms with Crippen LogP contribution in [0.2, 0.25) is 5.02 Å². The van der Waals surface area contributed by atoms with Gasteiger partial charge < -0.3 is 5.32 Å². The van der Waals surface area contributed by atoms with Gasteiger partial charge in [-0.05, 0) is 43.5 Å². The van der Waals surface area contributed by atoms with Crippen LogP contribution in [0.5, 0.6) is 0 Å². The summed E-state index contributed by atoms with van der Waals surface area (Å²) in [5, 5.41) is 4.20. The molecule has 3 heteroatoms. The molecule has 0 spiro atoms. The van der Waals surface area contributed by atoms with Crippen LogP contribution in [-0.2, 0) is 0 Å². The molecule has 1 fully saturated rings. The molecule has 0 atom stereocenters. The lowest BCUT2D eigenvalue weighted by Gasteiger charge is -2.23. The standard InChI is InChI=1S/C10H13ClN2/c11-10-3-6-13-7-9(10)8-1-4-12-5-2-8/h3,6-8,12H,1-2,4-5H2. The molecule has 1 aliphatic rings. The SMILES string of the molecule is Clc1ccncc1C1CCNCC1. The summed E-state index contributed by atoms with van der Waals surface area (Å²) in [7, 11) is 0. The first-order valence-electron chi connectivity index (χ1n) is 4.68. The average Bonchev–Trinajstić information content (AvgIpc) is 2.20. The Morgan fingerprint density at radius 1 is 1.38 bits per heavy atom. The molecule has 1 aromatic heterocycles. The first kappa shape index (κ1) is 8.97. The Kier molecular flexibility index (Phi) is 2.81. The monoisotopic (exact) mass is 196 g/mol. The van der Waals surface area contributed by atoms with Crippen LogP contribution in [0.15, 0.2) is 18.5 Å². The summed E-state index contributed by atoms with van der Waals surface area (Å²) in [5.41, 5.74) is 1.21. The van der Waals surface area contributed by atoms with Crippen LogP contribution in [0.3, 0.4) is 0 Å². The number of halogens is 1. The van der Waals surface area contributed by atoms with E-state index in [4.69, 9.17) is 11.6 Å². The highest BCUT2D eigenvalue weighted by Crippen LogP contribution is 2.29. The number of hydrogen-bond donors (Lipinski definition) is 1. The molecule has 70 valence electrons. The fourth-order valence-electron chi connectivity index (χ4n) is 1.82. The van der Waals surface area contributed by atoms with Crippen molar-refractivity contribution < 1.29 is 0 Å². The van der Waals surface area contributed by atoms with Crippen molar-refractivity contribution in [3.63, 3.8) is 0 Å². The molecular weight excluding hydrogens is 184 g/mol. The molecule has 2 nitrogen and oxygen atoms in total. The maximum Gasteiger partial charge on any atom is 0.0471 e. The lowest BCUT2D eigenvalue weighted by atomic mass is 9.91. The summed E-state index contributed by atoms with van der Waals surface area (Å²) >= 11 is 6.10. The summed E-state index contributed by atoms with van der Waals surface area (Å²) in [6, 6.07) is 1.87. The fourth-order valence-corrected chi connectivity index (χ4v) is 2.08. The zero-order valence-electron chi connectivity index (χ0n) is 7.46. The van der Waals surface area contributed by atoms with Gasteiger partial charge >= 0.3 is 0 Å². The lowest BCUT2D eigenvalue weighted by molar-refractivity contribution is 0.460. The second kappa shape index (κ2) is 4.07. The maximum absolute atomic E-state index is 6.10. The van der Waals surface area contributed by atoms with E-state index in [0.717, 1.165) is 18.1 Å². The van der Waals surface area contributed by atoms with Crippen molar-refractivity contribution in [3.8, 4) is 0 Å². The van der Waals surface area contributed by atoms with Crippen molar-refractivity contribution in [2.45, 2.75) is 18.8 Å². The summed E-state index contributed by atoms with van der Waals surface area (Å²) in [6.45, 7) is 2.19. The molecule has 0 aliphatic carbocycles. The van der Waals surface area contributed by atoms with E-state index >= 15 is 0 Å². The molecule has 0 saturated carbocycles. The molecule has 0 aromatic carbocycles. The number of piperidine rings is 1. The van der Waals surface area contributed by atoms with Gasteiger partial charge in [0.05, 0.1) is 0 Å². The minimum atomic E-state index is 0.599. The van der Waals surface area contributed by atoms with Crippen LogP contribution in [-0.4, -0.2) is 18.1 Å². The van der Waals surface area contributed by atoms with Gasteiger partial charge in [0.1, 0.15) is 0 Å². The van der Waals surface area contributed by atoms with Gasteiger partial charge in [-0.2, -0.15) is 0 Å². The Morgan fingerprint density at radius 2 is 2.15 bits per heavy atom. The van der Waals surface area contributed by atoms with Crippen LogP contribution in [0.4, 0.5) is 0 Å². The zero-order chi connectivity index (χ0) is 9.10. The van der Waals surface area contributed by atoms with Gasteiger partial charge in [-0.25, -0.2) is 0 Å². The molecule has 2 rings (SSSR count). The third-order valence-electron chi connectivity index (χ3n) is 2.58. The Hall–Kier alpha value is -0.600. The smallest absolute Gasteiger partial charge is 0.0471 e. The average molecular weight is 197 g/mol. The summed E-state index contributed by atoms with van der Waals surface area (Å²) in [6.07, 6.45) is 5.99. The third kappa shape index (κ3) is 2.01. The highest BCUT2D eigenvalue weighted by molar-refractivity contribution is 6.31. The highest BCUT2D eigenvalue weighted by atomic mass is 35.5. The van der Waals surface area contributed by atoms with Crippen molar-refractivity contribution in [1.29, 1.82) is 0 Å². The molecule has 1 saturated heterocycles. The predicted molar refractivity (Wildman–Crippen MR) is 54.1 cm³/mol. The minimum absolute atomic E-state index is 0.599. The van der Waals surface area contributed by atoms with E-state index in [0.29, 0.717) is 5.92 Å². The van der Waals surface area contributed by atoms with Gasteiger partial charge in [0.25, 0.3) is 0 Å². The predicted octanol–water partition coefficient (Wildman–Crippen LogP) is 2.20. The van der Waals surface area contributed by atoms with E-state index in [1.807, 2.05) is 12.3 Å². The van der Waals surface area contributed by atoms with Gasteiger partial charge in [0.15, 0.2) is 0 Å². The maximum atomic E-state index is 6.10. The summed E-state index contributed by atoms with van der Waals surface area (Å²) in [5.74, 6) is 0.599. The van der Waals surface area contributed by atoms with Gasteiger partial charge in [-0.3, -0.25) is 4.98 Å². The van der Waals surface area contributed by atoms with Crippen molar-refractivity contribution in [2.75, 3.05) is 13.1 Å². The van der Waals surface area contributed by atoms with Crippen LogP contribution < -0.4 is 5.32 Å². The van der Waals surface area contributed by atoms with Crippen LogP contribution in [0.1, 0.15) is 24.3 Å². The van der Waals surface area contributed by atoms with Crippen LogP contribution in [0.25, 0.3) is 0 Å². The van der Waals surface area contributed by atoms with Gasteiger partial charge in [-0.15, -0.1) is 0 Å². The lowest BCUT2D eigenvalue weighted by Crippen LogP contribution is -2.26. The van der Waals surface area contributed by atoms with Crippen molar-refractivity contribution in [2.24, 2.45) is 0 Å². The molecule has 0 unspecified atom stereocenters. The van der Waals surface area contributed by atoms with E-state index in [-0.39, 0.29) is 0 Å². The van der Waals surface area contributed by atoms with E-state index in [1.165, 1.54) is 18.4 Å². The fraction of sp³-hybridized carbons (Fsp3) is 0.500. The Balaban J connectivity index is 2.18. The zero-order valence-corrected chi connectivity index (χ0v) is 8.22. The highest BCUT2D eigenvalue weighted by Gasteiger charge is 2.17. The van der Waals surface area contributed by atoms with Gasteiger partial charge in [0, 0.05) is 17.4 Å². The Bertz CT molecular complexity index is 282. The molecular formula is C10H13ClN2. The topological polar surface area (TPSA) is 24.9 Å². The number of aromatic nitrogens is 1. The molecule has 1 aromatic rings. The third-order valence-corrected chi connectivity index (χ3v) is 2.92. The second-order valence-electron chi connectivity index (χ2n) is 3.42. The van der Waals surface area contributed by atoms with E-state index in [1.54, 1.807) is 6.20 Å². The number of hydrogen-bond acceptors (Lipinski definition) is 2. The molecule has 0 amide bonds. The number of nitrogens with one attached hydrogen (secondary N) is 1. The first-order valence-corrected chi connectivity index (χ1v) is 5.06. The Morgan fingerprint density at radius 3 is 2.85 bits per heavy atom. The largest absolute Gasteiger partial charge is 0.317 e. The number of nitrogens with zero attached hydrogens (tertiary/aromatic N) is 1. The van der Waals surface area contributed by atoms with Crippen LogP contribution in [0, 0.1) is 0 Å². The number of rotatable bonds is 1. The molecule has 2 heterocycles. The summed E-state index contributed by atoms with van der Waals surface area (Å²) < 4.78 is 0. The van der Waals surface area contributed by atoms with E-state index < -0.39 is 0 Å². The second-order valence-corrected chi connectivity index (χ2v) is 3.83. The van der Waals surface area contributed by atoms with Crippen molar-refractivity contribution in [3.05, 3.63) is 29.0 Å². The Labute approximate surface area is 83.3 Å². The van der Waals surface area contributed by atoms with E-state index in [9.17, 15) is 0 Å². The van der Waals surface area contributed by atoms with Crippen molar-refractivity contribution >= 4 is 11.6 Å². The number of pyridine rings is 1. The molecule has 13 heavy (non-hydrogen) atoms. The van der Waals surface area contributed by atoms with Gasteiger partial charge in [-0.1, -0.05) is 11.6 Å². The van der Waals surface area contributed by atoms with Crippen LogP contribution >= 0.6 is 11.6 Å². The molecule has 1 N–H and O–H groups in total. The molecule has 0 bridgehead atoms. The molecule has 1 aliphatic heterocycles. The van der Waals surface area contributed by atoms with Gasteiger partial charge in [0.2, 0.25) is 0 Å².